The molecular weight excluding hydrogens is 519 g/mol. The smallest absolute Gasteiger partial charge is 0.306 e. The maximum absolute atomic E-state index is 14.9. The lowest BCUT2D eigenvalue weighted by Crippen LogP contribution is -2.37. The van der Waals surface area contributed by atoms with Gasteiger partial charge in [0.25, 0.3) is 0 Å². The van der Waals surface area contributed by atoms with Crippen LogP contribution in [0.15, 0.2) is 48.7 Å². The van der Waals surface area contributed by atoms with Gasteiger partial charge in [-0.25, -0.2) is 9.37 Å². The summed E-state index contributed by atoms with van der Waals surface area (Å²) in [5.74, 6) is 0.00951. The molecule has 6 nitrogen and oxygen atoms in total. The van der Waals surface area contributed by atoms with Crippen molar-refractivity contribution in [2.75, 3.05) is 14.2 Å². The number of fused-ring (bicyclic) bond motifs is 1. The molecule has 1 aliphatic carbocycles. The Morgan fingerprint density at radius 3 is 2.59 bits per heavy atom. The topological polar surface area (TPSA) is 71.9 Å². The number of aryl methyl sites for hydroxylation is 1. The van der Waals surface area contributed by atoms with E-state index in [1.807, 2.05) is 13.0 Å². The summed E-state index contributed by atoms with van der Waals surface area (Å²) in [5.41, 5.74) is 5.51. The van der Waals surface area contributed by atoms with E-state index in [0.717, 1.165) is 59.3 Å². The number of carboxylic acids is 1. The quantitative estimate of drug-likeness (QED) is 0.294. The van der Waals surface area contributed by atoms with Crippen molar-refractivity contribution in [2.24, 2.45) is 11.8 Å². The number of hydrogen-bond acceptors (Lipinski definition) is 5. The summed E-state index contributed by atoms with van der Waals surface area (Å²) in [6, 6.07) is 14.0. The summed E-state index contributed by atoms with van der Waals surface area (Å²) in [6.45, 7) is 9.01. The second-order valence-corrected chi connectivity index (χ2v) is 12.6. The number of methoxy groups -OCH3 is 1. The molecule has 41 heavy (non-hydrogen) atoms. The first kappa shape index (κ1) is 29.1. The second kappa shape index (κ2) is 11.4. The maximum Gasteiger partial charge on any atom is 0.306 e. The normalized spacial score (nSPS) is 18.4. The number of nitrogens with zero attached hydrogens (tertiary/aromatic N) is 2. The molecule has 0 spiro atoms. The molecule has 1 fully saturated rings. The van der Waals surface area contributed by atoms with Gasteiger partial charge in [-0.05, 0) is 105 Å². The Labute approximate surface area is 242 Å². The fraction of sp³-hybridized carbons (Fsp3) is 0.471. The lowest BCUT2D eigenvalue weighted by atomic mass is 9.82. The Kier molecular flexibility index (Phi) is 8.11. The van der Waals surface area contributed by atoms with Crippen molar-refractivity contribution >= 4 is 5.97 Å². The standard InChI is InChI=1S/C34H41FN2O4/c1-20(33(38)39)32(22-8-9-22)24-10-7-21-12-14-29(41-30(21)16-24)26-13-11-23(15-25(26)19-37(5)34(2,3)4)27-17-31(40-6)36-18-28(27)35/h7,10-11,13,15-18,20,22,29,32H,8-9,12,14,19H2,1-6H3,(H,38,39)/t20-,29?,32-/m0/s1. The van der Waals surface area contributed by atoms with Crippen molar-refractivity contribution in [3.05, 3.63) is 76.7 Å². The van der Waals surface area contributed by atoms with E-state index in [2.05, 4.69) is 68.0 Å². The van der Waals surface area contributed by atoms with Crippen molar-refractivity contribution in [2.45, 2.75) is 77.5 Å². The number of pyridine rings is 1. The number of aliphatic carboxylic acids is 1. The highest BCUT2D eigenvalue weighted by Gasteiger charge is 2.39. The summed E-state index contributed by atoms with van der Waals surface area (Å²) < 4.78 is 26.8. The van der Waals surface area contributed by atoms with Crippen LogP contribution in [0.3, 0.4) is 0 Å². The predicted octanol–water partition coefficient (Wildman–Crippen LogP) is 7.41. The second-order valence-electron chi connectivity index (χ2n) is 12.6. The molecule has 2 heterocycles. The average molecular weight is 561 g/mol. The highest BCUT2D eigenvalue weighted by Crippen LogP contribution is 2.48. The molecule has 3 atom stereocenters. The monoisotopic (exact) mass is 560 g/mol. The predicted molar refractivity (Wildman–Crippen MR) is 158 cm³/mol. The summed E-state index contributed by atoms with van der Waals surface area (Å²) in [5, 5.41) is 9.76. The first-order chi connectivity index (χ1) is 19.5. The molecule has 2 aromatic carbocycles. The Hall–Kier alpha value is -3.45. The zero-order valence-electron chi connectivity index (χ0n) is 24.9. The van der Waals surface area contributed by atoms with Crippen LogP contribution in [0.4, 0.5) is 4.39 Å². The highest BCUT2D eigenvalue weighted by atomic mass is 19.1. The minimum Gasteiger partial charge on any atom is -0.485 e. The van der Waals surface area contributed by atoms with Crippen molar-refractivity contribution in [1.29, 1.82) is 0 Å². The summed E-state index contributed by atoms with van der Waals surface area (Å²) >= 11 is 0. The highest BCUT2D eigenvalue weighted by molar-refractivity contribution is 5.71. The van der Waals surface area contributed by atoms with Crippen LogP contribution in [-0.2, 0) is 17.8 Å². The SMILES string of the molecule is COc1cc(-c2ccc(C3CCc4ccc([C@H](C5CC5)[C@H](C)C(=O)O)cc4O3)c(CN(C)C(C)(C)C)c2)c(F)cn1. The van der Waals surface area contributed by atoms with E-state index < -0.39 is 17.7 Å². The number of rotatable bonds is 9. The first-order valence-corrected chi connectivity index (χ1v) is 14.5. The molecule has 0 bridgehead atoms. The molecule has 0 radical (unpaired) electrons. The third-order valence-electron chi connectivity index (χ3n) is 8.87. The van der Waals surface area contributed by atoms with Crippen molar-refractivity contribution in [1.82, 2.24) is 9.88 Å². The van der Waals surface area contributed by atoms with Crippen molar-refractivity contribution in [3.63, 3.8) is 0 Å². The molecular formula is C34H41FN2O4. The Morgan fingerprint density at radius 2 is 1.93 bits per heavy atom. The van der Waals surface area contributed by atoms with E-state index in [0.29, 0.717) is 23.9 Å². The lowest BCUT2D eigenvalue weighted by Gasteiger charge is -2.34. The van der Waals surface area contributed by atoms with Gasteiger partial charge in [-0.3, -0.25) is 9.69 Å². The molecule has 1 saturated carbocycles. The minimum absolute atomic E-state index is 0.00990. The van der Waals surface area contributed by atoms with Crippen LogP contribution >= 0.6 is 0 Å². The number of ether oxygens (including phenoxy) is 2. The Morgan fingerprint density at radius 1 is 1.17 bits per heavy atom. The van der Waals surface area contributed by atoms with Gasteiger partial charge < -0.3 is 14.6 Å². The van der Waals surface area contributed by atoms with Gasteiger partial charge in [0.1, 0.15) is 17.7 Å². The van der Waals surface area contributed by atoms with Crippen LogP contribution in [0.25, 0.3) is 11.1 Å². The number of carboxylic acid groups (broad SMARTS) is 1. The number of carbonyl (C=O) groups is 1. The van der Waals surface area contributed by atoms with Crippen LogP contribution in [-0.4, -0.2) is 40.7 Å². The van der Waals surface area contributed by atoms with Crippen molar-refractivity contribution < 1.29 is 23.8 Å². The minimum atomic E-state index is -0.755. The molecule has 2 aliphatic rings. The van der Waals surface area contributed by atoms with Gasteiger partial charge in [0.2, 0.25) is 5.88 Å². The number of benzene rings is 2. The number of aromatic nitrogens is 1. The van der Waals surface area contributed by atoms with Crippen LogP contribution in [0.5, 0.6) is 11.6 Å². The van der Waals surface area contributed by atoms with E-state index in [-0.39, 0.29) is 17.6 Å². The van der Waals surface area contributed by atoms with Gasteiger partial charge in [0, 0.05) is 23.7 Å². The van der Waals surface area contributed by atoms with E-state index in [1.165, 1.54) is 13.3 Å². The van der Waals surface area contributed by atoms with E-state index >= 15 is 0 Å². The van der Waals surface area contributed by atoms with Gasteiger partial charge in [-0.15, -0.1) is 0 Å². The van der Waals surface area contributed by atoms with Gasteiger partial charge in [-0.2, -0.15) is 0 Å². The van der Waals surface area contributed by atoms with Crippen LogP contribution in [0.2, 0.25) is 0 Å². The molecule has 7 heteroatoms. The molecule has 1 unspecified atom stereocenters. The van der Waals surface area contributed by atoms with Gasteiger partial charge >= 0.3 is 5.97 Å². The van der Waals surface area contributed by atoms with E-state index in [4.69, 9.17) is 9.47 Å². The molecule has 0 amide bonds. The molecule has 1 aliphatic heterocycles. The van der Waals surface area contributed by atoms with Crippen molar-refractivity contribution in [3.8, 4) is 22.8 Å². The molecule has 0 saturated heterocycles. The van der Waals surface area contributed by atoms with E-state index in [1.54, 1.807) is 6.07 Å². The Bertz CT molecular complexity index is 1430. The lowest BCUT2D eigenvalue weighted by molar-refractivity contribution is -0.142. The van der Waals surface area contributed by atoms with Crippen LogP contribution < -0.4 is 9.47 Å². The largest absolute Gasteiger partial charge is 0.485 e. The van der Waals surface area contributed by atoms with Gasteiger partial charge in [0.15, 0.2) is 0 Å². The maximum atomic E-state index is 14.9. The fourth-order valence-electron chi connectivity index (χ4n) is 5.86. The number of halogens is 1. The van der Waals surface area contributed by atoms with Crippen LogP contribution in [0.1, 0.15) is 81.2 Å². The Balaban J connectivity index is 1.50. The molecule has 1 aromatic heterocycles. The number of hydrogen-bond donors (Lipinski definition) is 1. The van der Waals surface area contributed by atoms with Gasteiger partial charge in [-0.1, -0.05) is 31.2 Å². The first-order valence-electron chi connectivity index (χ1n) is 14.5. The molecule has 5 rings (SSSR count). The zero-order chi connectivity index (χ0) is 29.5. The fourth-order valence-corrected chi connectivity index (χ4v) is 5.86. The van der Waals surface area contributed by atoms with E-state index in [9.17, 15) is 14.3 Å². The third kappa shape index (κ3) is 6.25. The average Bonchev–Trinajstić information content (AvgIpc) is 3.77. The zero-order valence-corrected chi connectivity index (χ0v) is 24.9. The summed E-state index contributed by atoms with van der Waals surface area (Å²) in [6.07, 6.45) is 4.88. The summed E-state index contributed by atoms with van der Waals surface area (Å²) in [7, 11) is 3.62. The van der Waals surface area contributed by atoms with Gasteiger partial charge in [0.05, 0.1) is 19.2 Å². The summed E-state index contributed by atoms with van der Waals surface area (Å²) in [4.78, 5) is 18.2. The molecule has 218 valence electrons. The molecule has 1 N–H and O–H groups in total. The third-order valence-corrected chi connectivity index (χ3v) is 8.87. The molecule has 3 aromatic rings. The van der Waals surface area contributed by atoms with Crippen LogP contribution in [0, 0.1) is 17.7 Å².